The smallest absolute Gasteiger partial charge is 0.303 e. The van der Waals surface area contributed by atoms with Crippen LogP contribution in [0.5, 0.6) is 0 Å². The molecule has 0 spiro atoms. The molecule has 10 nitrogen and oxygen atoms in total. The average Bonchev–Trinajstić information content (AvgIpc) is 3.59. The van der Waals surface area contributed by atoms with Gasteiger partial charge in [0, 0.05) is 59.1 Å². The fourth-order valence-electron chi connectivity index (χ4n) is 6.62. The van der Waals surface area contributed by atoms with Crippen molar-refractivity contribution in [3.8, 4) is 0 Å². The number of nitrogens with one attached hydrogen (secondary N) is 4. The number of hydrogen-bond acceptors (Lipinski definition) is 6. The van der Waals surface area contributed by atoms with E-state index in [4.69, 9.17) is 0 Å². The minimum Gasteiger partial charge on any atom is -0.481 e. The Balaban J connectivity index is 1.73. The maximum absolute atomic E-state index is 12.4. The van der Waals surface area contributed by atoms with Crippen molar-refractivity contribution in [1.82, 2.24) is 20.9 Å². The van der Waals surface area contributed by atoms with Gasteiger partial charge in [0.1, 0.15) is 6.23 Å². The Bertz CT molecular complexity index is 1440. The van der Waals surface area contributed by atoms with E-state index in [1.807, 2.05) is 39.8 Å². The molecule has 1 amide bonds. The van der Waals surface area contributed by atoms with Crippen molar-refractivity contribution in [2.45, 2.75) is 91.5 Å². The lowest BCUT2D eigenvalue weighted by molar-refractivity contribution is -0.138. The van der Waals surface area contributed by atoms with Crippen LogP contribution in [0.3, 0.4) is 0 Å². The lowest BCUT2D eigenvalue weighted by Crippen LogP contribution is -2.36. The third-order valence-electron chi connectivity index (χ3n) is 9.33. The van der Waals surface area contributed by atoms with Crippen molar-refractivity contribution in [1.29, 1.82) is 0 Å². The van der Waals surface area contributed by atoms with Gasteiger partial charge in [-0.15, -0.1) is 0 Å². The number of hydrogen-bond donors (Lipinski definition) is 7. The van der Waals surface area contributed by atoms with E-state index in [9.17, 15) is 29.7 Å². The number of amides is 1. The fourth-order valence-corrected chi connectivity index (χ4v) is 6.62. The van der Waals surface area contributed by atoms with Crippen LogP contribution >= 0.6 is 0 Å². The van der Waals surface area contributed by atoms with Gasteiger partial charge in [0.15, 0.2) is 0 Å². The van der Waals surface area contributed by atoms with Crippen LogP contribution in [0.1, 0.15) is 82.3 Å². The Morgan fingerprint density at radius 3 is 2.19 bits per heavy atom. The van der Waals surface area contributed by atoms with Gasteiger partial charge in [-0.1, -0.05) is 26.5 Å². The number of carboxylic acid groups (broad SMARTS) is 2. The number of aromatic nitrogens is 1. The molecule has 2 unspecified atom stereocenters. The largest absolute Gasteiger partial charge is 0.481 e. The van der Waals surface area contributed by atoms with Crippen LogP contribution < -0.4 is 16.0 Å². The molecule has 0 radical (unpaired) electrons. The maximum atomic E-state index is 12.4. The normalized spacial score (nSPS) is 27.2. The van der Waals surface area contributed by atoms with Crippen LogP contribution in [-0.4, -0.2) is 56.5 Å². The summed E-state index contributed by atoms with van der Waals surface area (Å²) in [5.74, 6) is -1.69. The molecule has 43 heavy (non-hydrogen) atoms. The minimum atomic E-state index is -0.891. The number of aliphatic hydroxyl groups excluding tert-OH is 1. The van der Waals surface area contributed by atoms with Gasteiger partial charge in [-0.05, 0) is 86.5 Å². The lowest BCUT2D eigenvalue weighted by atomic mass is 9.91. The standard InChI is InChI=1S/C33H44N4O6/c1-7-20-19(6)32(42)37-27(20)14-25-18(5)23(10-12-31(40)41)29(35-25)15-28-22(9-11-30(38)39)17(4)24(34-28)13-26-16(3)21(8-2)33(43)36-26/h8,14-15,19-20,24,26,32,34-35,37,42H,2,7,9-13H2,1,3-6H3,(H,36,43)(H,38,39)(H,40,41)/b27-14-,28-15-/t19-,20-,24?,26-,32?/m1/s1. The molecule has 1 aromatic heterocycles. The Kier molecular flexibility index (Phi) is 9.69. The van der Waals surface area contributed by atoms with Crippen molar-refractivity contribution >= 4 is 30.0 Å². The van der Waals surface area contributed by atoms with Crippen molar-refractivity contribution in [2.24, 2.45) is 11.8 Å². The van der Waals surface area contributed by atoms with Crippen molar-refractivity contribution < 1.29 is 29.7 Å². The monoisotopic (exact) mass is 592 g/mol. The van der Waals surface area contributed by atoms with Crippen molar-refractivity contribution in [3.63, 3.8) is 0 Å². The van der Waals surface area contributed by atoms with Crippen LogP contribution in [0, 0.1) is 18.8 Å². The molecule has 0 saturated carbocycles. The molecule has 3 aliphatic heterocycles. The first-order valence-electron chi connectivity index (χ1n) is 15.0. The third kappa shape index (κ3) is 6.64. The summed E-state index contributed by atoms with van der Waals surface area (Å²) in [7, 11) is 0. The molecule has 10 heteroatoms. The van der Waals surface area contributed by atoms with Crippen molar-refractivity contribution in [2.75, 3.05) is 0 Å². The van der Waals surface area contributed by atoms with Gasteiger partial charge in [0.2, 0.25) is 0 Å². The third-order valence-corrected chi connectivity index (χ3v) is 9.33. The van der Waals surface area contributed by atoms with Crippen LogP contribution in [0.2, 0.25) is 0 Å². The van der Waals surface area contributed by atoms with E-state index >= 15 is 0 Å². The zero-order valence-corrected chi connectivity index (χ0v) is 25.6. The van der Waals surface area contributed by atoms with E-state index in [1.165, 1.54) is 0 Å². The molecule has 1 saturated heterocycles. The van der Waals surface area contributed by atoms with Gasteiger partial charge < -0.3 is 36.3 Å². The average molecular weight is 593 g/mol. The SMILES string of the molecule is C=CC1=C(C)[C@@H](CC2N/C(=C\c3[nH]c(/C=C4\NC(O)[C@H](C)[C@H]4CC)c(C)c3CCC(=O)O)C(CCC(=O)O)=C2C)NC1=O. The summed E-state index contributed by atoms with van der Waals surface area (Å²) in [6.45, 7) is 13.7. The molecule has 1 aromatic rings. The summed E-state index contributed by atoms with van der Waals surface area (Å²) in [4.78, 5) is 39.0. The number of carbonyl (C=O) groups excluding carboxylic acids is 1. The summed E-state index contributed by atoms with van der Waals surface area (Å²) in [6, 6.07) is -0.302. The Hall–Kier alpha value is -4.05. The highest BCUT2D eigenvalue weighted by atomic mass is 16.4. The van der Waals surface area contributed by atoms with Crippen LogP contribution in [0.15, 0.2) is 46.3 Å². The van der Waals surface area contributed by atoms with Gasteiger partial charge in [-0.25, -0.2) is 0 Å². The van der Waals surface area contributed by atoms with E-state index in [2.05, 4.69) is 34.4 Å². The number of carboxylic acids is 2. The molecule has 1 fully saturated rings. The second kappa shape index (κ2) is 13.1. The molecule has 0 bridgehead atoms. The zero-order chi connectivity index (χ0) is 31.6. The summed E-state index contributed by atoms with van der Waals surface area (Å²) >= 11 is 0. The zero-order valence-electron chi connectivity index (χ0n) is 25.6. The van der Waals surface area contributed by atoms with Gasteiger partial charge in [-0.3, -0.25) is 14.4 Å². The Morgan fingerprint density at radius 1 is 0.930 bits per heavy atom. The minimum absolute atomic E-state index is 0.0321. The van der Waals surface area contributed by atoms with E-state index in [0.29, 0.717) is 24.8 Å². The summed E-state index contributed by atoms with van der Waals surface area (Å²) in [5, 5.41) is 39.1. The second-order valence-electron chi connectivity index (χ2n) is 11.9. The van der Waals surface area contributed by atoms with Gasteiger partial charge >= 0.3 is 11.9 Å². The Morgan fingerprint density at radius 2 is 1.58 bits per heavy atom. The van der Waals surface area contributed by atoms with E-state index in [-0.39, 0.29) is 42.7 Å². The molecule has 3 aliphatic rings. The van der Waals surface area contributed by atoms with E-state index < -0.39 is 18.2 Å². The predicted molar refractivity (Wildman–Crippen MR) is 165 cm³/mol. The first-order valence-corrected chi connectivity index (χ1v) is 15.0. The fraction of sp³-hybridized carbons (Fsp3) is 0.485. The van der Waals surface area contributed by atoms with E-state index in [0.717, 1.165) is 57.0 Å². The number of aromatic amines is 1. The molecule has 0 aromatic carbocycles. The summed E-state index contributed by atoms with van der Waals surface area (Å²) in [6.07, 6.45) is 6.95. The summed E-state index contributed by atoms with van der Waals surface area (Å²) < 4.78 is 0. The number of allylic oxidation sites excluding steroid dienone is 2. The van der Waals surface area contributed by atoms with Crippen LogP contribution in [-0.2, 0) is 20.8 Å². The quantitative estimate of drug-likeness (QED) is 0.190. The van der Waals surface area contributed by atoms with Gasteiger partial charge in [0.25, 0.3) is 5.91 Å². The number of rotatable bonds is 12. The molecule has 7 N–H and O–H groups in total. The number of aliphatic carboxylic acids is 2. The lowest BCUT2D eigenvalue weighted by Gasteiger charge is -2.20. The van der Waals surface area contributed by atoms with Crippen molar-refractivity contribution in [3.05, 3.63) is 68.9 Å². The molecule has 232 valence electrons. The number of aliphatic hydroxyl groups is 1. The molecule has 4 heterocycles. The molecule has 5 atom stereocenters. The maximum Gasteiger partial charge on any atom is 0.303 e. The first-order chi connectivity index (χ1) is 20.4. The highest BCUT2D eigenvalue weighted by Crippen LogP contribution is 2.36. The second-order valence-corrected chi connectivity index (χ2v) is 11.9. The first kappa shape index (κ1) is 31.9. The van der Waals surface area contributed by atoms with Gasteiger partial charge in [0.05, 0.1) is 6.04 Å². The molecule has 4 rings (SSSR count). The molecular weight excluding hydrogens is 548 g/mol. The van der Waals surface area contributed by atoms with E-state index in [1.54, 1.807) is 6.08 Å². The van der Waals surface area contributed by atoms with Crippen LogP contribution in [0.25, 0.3) is 12.2 Å². The number of carbonyl (C=O) groups is 3. The highest BCUT2D eigenvalue weighted by molar-refractivity contribution is 6.00. The Labute approximate surface area is 252 Å². The molecule has 0 aliphatic carbocycles. The number of H-pyrrole nitrogens is 1. The van der Waals surface area contributed by atoms with Crippen LogP contribution in [0.4, 0.5) is 0 Å². The molecular formula is C33H44N4O6. The summed E-state index contributed by atoms with van der Waals surface area (Å²) in [5.41, 5.74) is 8.55. The highest BCUT2D eigenvalue weighted by Gasteiger charge is 2.35. The predicted octanol–water partition coefficient (Wildman–Crippen LogP) is 4.15. The van der Waals surface area contributed by atoms with Gasteiger partial charge in [-0.2, -0.15) is 0 Å². The topological polar surface area (TPSA) is 164 Å².